The largest absolute Gasteiger partial charge is 0.462 e. The van der Waals surface area contributed by atoms with Gasteiger partial charge in [0.25, 0.3) is 0 Å². The molecule has 0 amide bonds. The summed E-state index contributed by atoms with van der Waals surface area (Å²) < 4.78 is 16.9. The van der Waals surface area contributed by atoms with E-state index in [0.29, 0.717) is 19.3 Å². The maximum Gasteiger partial charge on any atom is 0.306 e. The molecule has 0 N–H and O–H groups in total. The van der Waals surface area contributed by atoms with E-state index in [4.69, 9.17) is 14.2 Å². The van der Waals surface area contributed by atoms with Crippen molar-refractivity contribution in [3.8, 4) is 0 Å². The van der Waals surface area contributed by atoms with E-state index in [1.807, 2.05) is 0 Å². The summed E-state index contributed by atoms with van der Waals surface area (Å²) >= 11 is 0. The van der Waals surface area contributed by atoms with Gasteiger partial charge < -0.3 is 14.2 Å². The third-order valence-electron chi connectivity index (χ3n) is 14.5. The van der Waals surface area contributed by atoms with E-state index in [-0.39, 0.29) is 31.1 Å². The SMILES string of the molecule is CC/C=C\C/C=C\C/C=C\C/C=C\C/C=C\C/C=C\CCCCC(=O)OCC(COC(=O)CCCCCCCCCCCCCCCCCCCC)OC(=O)CCCCCCCCCCCCCCCCCCCCC. The van der Waals surface area contributed by atoms with Crippen LogP contribution in [0.4, 0.5) is 0 Å². The van der Waals surface area contributed by atoms with Crippen LogP contribution in [0.1, 0.15) is 335 Å². The van der Waals surface area contributed by atoms with Gasteiger partial charge >= 0.3 is 17.9 Å². The molecule has 0 aliphatic rings. The Morgan fingerprint density at radius 2 is 0.513 bits per heavy atom. The highest BCUT2D eigenvalue weighted by atomic mass is 16.6. The minimum Gasteiger partial charge on any atom is -0.462 e. The van der Waals surface area contributed by atoms with Crippen LogP contribution in [0.2, 0.25) is 0 Å². The van der Waals surface area contributed by atoms with Crippen molar-refractivity contribution in [2.45, 2.75) is 341 Å². The first-order chi connectivity index (χ1) is 37.5. The van der Waals surface area contributed by atoms with Crippen molar-refractivity contribution in [2.75, 3.05) is 13.2 Å². The van der Waals surface area contributed by atoms with Crippen molar-refractivity contribution < 1.29 is 28.6 Å². The van der Waals surface area contributed by atoms with Crippen LogP contribution in [0, 0.1) is 0 Å². The first kappa shape index (κ1) is 72.8. The quantitative estimate of drug-likeness (QED) is 0.0261. The Hall–Kier alpha value is -3.15. The number of carbonyl (C=O) groups excluding carboxylic acids is 3. The predicted molar refractivity (Wildman–Crippen MR) is 330 cm³/mol. The van der Waals surface area contributed by atoms with Gasteiger partial charge in [0.1, 0.15) is 13.2 Å². The summed E-state index contributed by atoms with van der Waals surface area (Å²) in [7, 11) is 0. The van der Waals surface area contributed by atoms with Crippen LogP contribution in [0.5, 0.6) is 0 Å². The van der Waals surface area contributed by atoms with E-state index in [0.717, 1.165) is 96.3 Å². The molecule has 76 heavy (non-hydrogen) atoms. The van der Waals surface area contributed by atoms with E-state index in [9.17, 15) is 14.4 Å². The Morgan fingerprint density at radius 1 is 0.276 bits per heavy atom. The zero-order valence-corrected chi connectivity index (χ0v) is 50.5. The topological polar surface area (TPSA) is 78.9 Å². The molecule has 0 bridgehead atoms. The predicted octanol–water partition coefficient (Wildman–Crippen LogP) is 22.5. The van der Waals surface area contributed by atoms with Gasteiger partial charge in [0.2, 0.25) is 0 Å². The summed E-state index contributed by atoms with van der Waals surface area (Å²) in [5.74, 6) is -0.909. The van der Waals surface area contributed by atoms with Crippen molar-refractivity contribution in [1.29, 1.82) is 0 Å². The second-order valence-corrected chi connectivity index (χ2v) is 22.0. The van der Waals surface area contributed by atoms with Crippen molar-refractivity contribution in [1.82, 2.24) is 0 Å². The lowest BCUT2D eigenvalue weighted by Crippen LogP contribution is -2.30. The van der Waals surface area contributed by atoms with Gasteiger partial charge in [0, 0.05) is 19.3 Å². The highest BCUT2D eigenvalue weighted by Gasteiger charge is 2.19. The third kappa shape index (κ3) is 61.7. The second-order valence-electron chi connectivity index (χ2n) is 22.0. The second kappa shape index (κ2) is 64.4. The van der Waals surface area contributed by atoms with Gasteiger partial charge in [-0.3, -0.25) is 14.4 Å². The summed E-state index contributed by atoms with van der Waals surface area (Å²) in [5, 5.41) is 0. The number of hydrogen-bond donors (Lipinski definition) is 0. The Kier molecular flexibility index (Phi) is 61.7. The summed E-state index contributed by atoms with van der Waals surface area (Å²) in [4.78, 5) is 38.4. The number of unbranched alkanes of at least 4 members (excludes halogenated alkanes) is 37. The molecule has 0 saturated carbocycles. The molecule has 0 radical (unpaired) electrons. The van der Waals surface area contributed by atoms with Gasteiger partial charge in [-0.25, -0.2) is 0 Å². The summed E-state index contributed by atoms with van der Waals surface area (Å²) in [6, 6.07) is 0. The maximum atomic E-state index is 12.9. The van der Waals surface area contributed by atoms with Crippen LogP contribution in [-0.2, 0) is 28.6 Å². The molecule has 1 atom stereocenters. The third-order valence-corrected chi connectivity index (χ3v) is 14.5. The number of carbonyl (C=O) groups is 3. The van der Waals surface area contributed by atoms with E-state index in [1.54, 1.807) is 0 Å². The Labute approximate surface area is 472 Å². The summed E-state index contributed by atoms with van der Waals surface area (Å²) in [5.41, 5.74) is 0. The average molecular weight is 1060 g/mol. The number of rotatable bonds is 60. The molecule has 1 unspecified atom stereocenters. The first-order valence-electron chi connectivity index (χ1n) is 32.9. The first-order valence-corrected chi connectivity index (χ1v) is 32.9. The lowest BCUT2D eigenvalue weighted by Gasteiger charge is -2.18. The van der Waals surface area contributed by atoms with Crippen LogP contribution in [0.3, 0.4) is 0 Å². The minimum atomic E-state index is -0.792. The van der Waals surface area contributed by atoms with Crippen molar-refractivity contribution >= 4 is 17.9 Å². The van der Waals surface area contributed by atoms with E-state index in [2.05, 4.69) is 93.7 Å². The van der Waals surface area contributed by atoms with Crippen LogP contribution in [-0.4, -0.2) is 37.2 Å². The lowest BCUT2D eigenvalue weighted by atomic mass is 10.0. The lowest BCUT2D eigenvalue weighted by molar-refractivity contribution is -0.167. The minimum absolute atomic E-state index is 0.0845. The molecule has 0 aliphatic heterocycles. The molecule has 0 rings (SSSR count). The number of hydrogen-bond acceptors (Lipinski definition) is 6. The standard InChI is InChI=1S/C70H124O6/c1-4-7-10-13-16-19-22-25-28-31-34-35-37-39-42-45-48-51-54-57-60-63-69(72)75-66-67(65-74-68(71)62-59-56-53-50-47-44-41-38-33-30-27-24-21-18-15-12-9-6-3)76-70(73)64-61-58-55-52-49-46-43-40-36-32-29-26-23-20-17-14-11-8-5-2/h7,10,16,19,25,28,34-35,39,42,48,51,67H,4-6,8-9,11-15,17-18,20-24,26-27,29-33,36-38,40-41,43-47,49-50,52-66H2,1-3H3/b10-7-,19-16-,28-25-,35-34-,42-39-,51-48-. The zero-order valence-electron chi connectivity index (χ0n) is 50.5. The molecule has 0 aromatic heterocycles. The highest BCUT2D eigenvalue weighted by molar-refractivity contribution is 5.71. The molecular weight excluding hydrogens is 937 g/mol. The van der Waals surface area contributed by atoms with Crippen molar-refractivity contribution in [3.63, 3.8) is 0 Å². The van der Waals surface area contributed by atoms with E-state index in [1.165, 1.54) is 199 Å². The molecule has 0 spiro atoms. The van der Waals surface area contributed by atoms with Gasteiger partial charge in [-0.05, 0) is 70.6 Å². The summed E-state index contributed by atoms with van der Waals surface area (Å²) in [6.07, 6.45) is 83.4. The molecule has 6 nitrogen and oxygen atoms in total. The maximum absolute atomic E-state index is 12.9. The van der Waals surface area contributed by atoms with Crippen molar-refractivity contribution in [2.24, 2.45) is 0 Å². The highest BCUT2D eigenvalue weighted by Crippen LogP contribution is 2.18. The van der Waals surface area contributed by atoms with Gasteiger partial charge in [0.15, 0.2) is 6.10 Å². The monoisotopic (exact) mass is 1060 g/mol. The molecule has 0 fully saturated rings. The Morgan fingerprint density at radius 3 is 0.803 bits per heavy atom. The molecule has 0 aliphatic carbocycles. The van der Waals surface area contributed by atoms with Crippen LogP contribution < -0.4 is 0 Å². The van der Waals surface area contributed by atoms with E-state index < -0.39 is 6.10 Å². The van der Waals surface area contributed by atoms with E-state index >= 15 is 0 Å². The number of allylic oxidation sites excluding steroid dienone is 12. The summed E-state index contributed by atoms with van der Waals surface area (Å²) in [6.45, 7) is 6.55. The molecule has 6 heteroatoms. The van der Waals surface area contributed by atoms with Gasteiger partial charge in [-0.2, -0.15) is 0 Å². The fourth-order valence-electron chi connectivity index (χ4n) is 9.57. The van der Waals surface area contributed by atoms with Crippen LogP contribution >= 0.6 is 0 Å². The normalized spacial score (nSPS) is 12.5. The van der Waals surface area contributed by atoms with Crippen LogP contribution in [0.15, 0.2) is 72.9 Å². The Bertz CT molecular complexity index is 1400. The van der Waals surface area contributed by atoms with Gasteiger partial charge in [0.05, 0.1) is 0 Å². The van der Waals surface area contributed by atoms with Gasteiger partial charge in [-0.1, -0.05) is 318 Å². The fraction of sp³-hybridized carbons (Fsp3) is 0.786. The molecule has 0 saturated heterocycles. The average Bonchev–Trinajstić information content (AvgIpc) is 3.42. The number of esters is 3. The van der Waals surface area contributed by atoms with Crippen LogP contribution in [0.25, 0.3) is 0 Å². The van der Waals surface area contributed by atoms with Gasteiger partial charge in [-0.15, -0.1) is 0 Å². The smallest absolute Gasteiger partial charge is 0.306 e. The molecular formula is C70H124O6. The fourth-order valence-corrected chi connectivity index (χ4v) is 9.57. The molecule has 0 heterocycles. The molecule has 0 aromatic carbocycles. The Balaban J connectivity index is 4.42. The van der Waals surface area contributed by atoms with Crippen molar-refractivity contribution in [3.05, 3.63) is 72.9 Å². The molecule has 440 valence electrons. The number of ether oxygens (including phenoxy) is 3. The zero-order chi connectivity index (χ0) is 55.0. The molecule has 0 aromatic rings.